The highest BCUT2D eigenvalue weighted by Gasteiger charge is 2.08. The van der Waals surface area contributed by atoms with Gasteiger partial charge in [0.15, 0.2) is 5.96 Å². The summed E-state index contributed by atoms with van der Waals surface area (Å²) in [5, 5.41) is 15.5. The van der Waals surface area contributed by atoms with Crippen LogP contribution < -0.4 is 15.8 Å². The maximum Gasteiger partial charge on any atom is 0.238 e. The van der Waals surface area contributed by atoms with Gasteiger partial charge in [-0.2, -0.15) is 11.3 Å². The van der Waals surface area contributed by atoms with E-state index < -0.39 is 10.0 Å². The van der Waals surface area contributed by atoms with E-state index in [4.69, 9.17) is 5.14 Å². The van der Waals surface area contributed by atoms with Crippen LogP contribution in [0.15, 0.2) is 51.0 Å². The van der Waals surface area contributed by atoms with Gasteiger partial charge in [-0.15, -0.1) is 0 Å². The highest BCUT2D eigenvalue weighted by atomic mass is 32.2. The van der Waals surface area contributed by atoms with Crippen LogP contribution in [0.3, 0.4) is 0 Å². The third-order valence-electron chi connectivity index (χ3n) is 2.95. The first kappa shape index (κ1) is 16.5. The minimum atomic E-state index is -3.68. The number of sulfonamides is 1. The minimum absolute atomic E-state index is 0.105. The molecule has 0 atom stereocenters. The summed E-state index contributed by atoms with van der Waals surface area (Å²) in [5.74, 6) is 0.646. The minimum Gasteiger partial charge on any atom is -0.352 e. The Kier molecular flexibility index (Phi) is 5.53. The van der Waals surface area contributed by atoms with Gasteiger partial charge in [0.1, 0.15) is 0 Å². The molecule has 0 amide bonds. The van der Waals surface area contributed by atoms with Crippen molar-refractivity contribution >= 4 is 27.3 Å². The zero-order valence-electron chi connectivity index (χ0n) is 12.1. The van der Waals surface area contributed by atoms with E-state index in [0.717, 1.165) is 5.56 Å². The summed E-state index contributed by atoms with van der Waals surface area (Å²) in [7, 11) is -2.00. The molecule has 22 heavy (non-hydrogen) atoms. The van der Waals surface area contributed by atoms with Crippen molar-refractivity contribution in [3.63, 3.8) is 0 Å². The molecular formula is C14H18N4O2S2. The SMILES string of the molecule is CN=C(NCc1ccsc1)NCc1cccc(S(N)(=O)=O)c1. The van der Waals surface area contributed by atoms with Crippen molar-refractivity contribution in [2.24, 2.45) is 10.1 Å². The lowest BCUT2D eigenvalue weighted by Gasteiger charge is -2.11. The molecular weight excluding hydrogens is 320 g/mol. The first-order valence-corrected chi connectivity index (χ1v) is 9.05. The van der Waals surface area contributed by atoms with E-state index >= 15 is 0 Å². The number of hydrogen-bond acceptors (Lipinski definition) is 4. The molecule has 1 aromatic carbocycles. The van der Waals surface area contributed by atoms with Crippen molar-refractivity contribution in [2.75, 3.05) is 7.05 Å². The maximum absolute atomic E-state index is 11.3. The van der Waals surface area contributed by atoms with Crippen LogP contribution in [0.25, 0.3) is 0 Å². The largest absolute Gasteiger partial charge is 0.352 e. The van der Waals surface area contributed by atoms with Gasteiger partial charge in [-0.3, -0.25) is 4.99 Å². The summed E-state index contributed by atoms with van der Waals surface area (Å²) in [6, 6.07) is 8.56. The maximum atomic E-state index is 11.3. The Labute approximate surface area is 134 Å². The average molecular weight is 338 g/mol. The van der Waals surface area contributed by atoms with Crippen molar-refractivity contribution in [3.05, 3.63) is 52.2 Å². The van der Waals surface area contributed by atoms with Crippen molar-refractivity contribution < 1.29 is 8.42 Å². The molecule has 1 heterocycles. The Hall–Kier alpha value is -1.90. The van der Waals surface area contributed by atoms with E-state index in [2.05, 4.69) is 21.0 Å². The van der Waals surface area contributed by atoms with E-state index in [1.165, 1.54) is 11.6 Å². The first-order valence-electron chi connectivity index (χ1n) is 6.56. The van der Waals surface area contributed by atoms with Crippen LogP contribution >= 0.6 is 11.3 Å². The topological polar surface area (TPSA) is 96.6 Å². The number of nitrogens with two attached hydrogens (primary N) is 1. The number of hydrogen-bond donors (Lipinski definition) is 3. The van der Waals surface area contributed by atoms with E-state index in [9.17, 15) is 8.42 Å². The molecule has 2 aromatic rings. The summed E-state index contributed by atoms with van der Waals surface area (Å²) < 4.78 is 22.7. The number of rotatable bonds is 5. The van der Waals surface area contributed by atoms with Gasteiger partial charge in [0.05, 0.1) is 4.90 Å². The van der Waals surface area contributed by atoms with Gasteiger partial charge >= 0.3 is 0 Å². The fraction of sp³-hybridized carbons (Fsp3) is 0.214. The zero-order valence-corrected chi connectivity index (χ0v) is 13.7. The number of primary sulfonamides is 1. The van der Waals surface area contributed by atoms with Crippen molar-refractivity contribution in [2.45, 2.75) is 18.0 Å². The number of thiophene rings is 1. The lowest BCUT2D eigenvalue weighted by Crippen LogP contribution is -2.36. The highest BCUT2D eigenvalue weighted by Crippen LogP contribution is 2.09. The summed E-state index contributed by atoms with van der Waals surface area (Å²) >= 11 is 1.64. The number of benzene rings is 1. The Morgan fingerprint density at radius 1 is 1.23 bits per heavy atom. The Morgan fingerprint density at radius 2 is 1.95 bits per heavy atom. The second-order valence-corrected chi connectivity index (χ2v) is 6.94. The normalized spacial score (nSPS) is 12.2. The summed E-state index contributed by atoms with van der Waals surface area (Å²) in [6.45, 7) is 1.13. The number of guanidine groups is 1. The Morgan fingerprint density at radius 3 is 2.55 bits per heavy atom. The molecule has 1 aromatic heterocycles. The standard InChI is InChI=1S/C14H18N4O2S2/c1-16-14(18-9-12-5-6-21-10-12)17-8-11-3-2-4-13(7-11)22(15,19)20/h2-7,10H,8-9H2,1H3,(H2,15,19,20)(H2,16,17,18). The predicted octanol–water partition coefficient (Wildman–Crippen LogP) is 1.26. The van der Waals surface area contributed by atoms with Gasteiger partial charge in [0, 0.05) is 20.1 Å². The molecule has 0 unspecified atom stereocenters. The number of nitrogens with zero attached hydrogens (tertiary/aromatic N) is 1. The zero-order chi connectivity index (χ0) is 16.0. The molecule has 0 radical (unpaired) electrons. The van der Waals surface area contributed by atoms with Crippen LogP contribution in [0.2, 0.25) is 0 Å². The molecule has 0 spiro atoms. The van der Waals surface area contributed by atoms with Gasteiger partial charge in [0.25, 0.3) is 0 Å². The molecule has 0 aliphatic carbocycles. The summed E-state index contributed by atoms with van der Waals surface area (Å²) in [4.78, 5) is 4.23. The van der Waals surface area contributed by atoms with Crippen LogP contribution in [-0.2, 0) is 23.1 Å². The second-order valence-electron chi connectivity index (χ2n) is 4.60. The Bertz CT molecular complexity index is 740. The molecule has 4 N–H and O–H groups in total. The van der Waals surface area contributed by atoms with E-state index in [-0.39, 0.29) is 4.90 Å². The molecule has 2 rings (SSSR count). The molecule has 0 aliphatic rings. The van der Waals surface area contributed by atoms with Crippen LogP contribution in [0.1, 0.15) is 11.1 Å². The van der Waals surface area contributed by atoms with Gasteiger partial charge in [-0.25, -0.2) is 13.6 Å². The van der Waals surface area contributed by atoms with Gasteiger partial charge < -0.3 is 10.6 Å². The predicted molar refractivity (Wildman–Crippen MR) is 89.2 cm³/mol. The fourth-order valence-electron chi connectivity index (χ4n) is 1.82. The summed E-state index contributed by atoms with van der Waals surface area (Å²) in [5.41, 5.74) is 1.99. The molecule has 0 saturated carbocycles. The third kappa shape index (κ3) is 4.83. The summed E-state index contributed by atoms with van der Waals surface area (Å²) in [6.07, 6.45) is 0. The monoisotopic (exact) mass is 338 g/mol. The molecule has 0 aliphatic heterocycles. The molecule has 8 heteroatoms. The van der Waals surface area contributed by atoms with Crippen molar-refractivity contribution in [1.29, 1.82) is 0 Å². The van der Waals surface area contributed by atoms with Crippen molar-refractivity contribution in [3.8, 4) is 0 Å². The van der Waals surface area contributed by atoms with Crippen LogP contribution in [0.5, 0.6) is 0 Å². The molecule has 0 saturated heterocycles. The second kappa shape index (κ2) is 7.39. The van der Waals surface area contributed by atoms with E-state index in [1.54, 1.807) is 30.5 Å². The number of aliphatic imine (C=N–C) groups is 1. The highest BCUT2D eigenvalue weighted by molar-refractivity contribution is 7.89. The molecule has 6 nitrogen and oxygen atoms in total. The smallest absolute Gasteiger partial charge is 0.238 e. The first-order chi connectivity index (χ1) is 10.5. The van der Waals surface area contributed by atoms with E-state index in [0.29, 0.717) is 19.0 Å². The van der Waals surface area contributed by atoms with E-state index in [1.807, 2.05) is 17.5 Å². The Balaban J connectivity index is 1.93. The third-order valence-corrected chi connectivity index (χ3v) is 4.59. The van der Waals surface area contributed by atoms with Gasteiger partial charge in [-0.05, 0) is 40.1 Å². The molecule has 118 valence electrons. The van der Waals surface area contributed by atoms with Crippen LogP contribution in [0.4, 0.5) is 0 Å². The lowest BCUT2D eigenvalue weighted by atomic mass is 10.2. The van der Waals surface area contributed by atoms with Crippen LogP contribution in [0, 0.1) is 0 Å². The molecule has 0 fully saturated rings. The average Bonchev–Trinajstić information content (AvgIpc) is 3.00. The van der Waals surface area contributed by atoms with Crippen LogP contribution in [-0.4, -0.2) is 21.4 Å². The van der Waals surface area contributed by atoms with Crippen molar-refractivity contribution in [1.82, 2.24) is 10.6 Å². The lowest BCUT2D eigenvalue weighted by molar-refractivity contribution is 0.597. The van der Waals surface area contributed by atoms with Gasteiger partial charge in [0.2, 0.25) is 10.0 Å². The fourth-order valence-corrected chi connectivity index (χ4v) is 3.07. The van der Waals surface area contributed by atoms with Gasteiger partial charge in [-0.1, -0.05) is 12.1 Å². The molecule has 0 bridgehead atoms. The quantitative estimate of drug-likeness (QED) is 0.565. The number of nitrogens with one attached hydrogen (secondary N) is 2.